The molecule has 0 aliphatic rings. The molecule has 0 aromatic heterocycles. The molecule has 0 aliphatic carbocycles. The fraction of sp³-hybridized carbons (Fsp3) is 0.133. The summed E-state index contributed by atoms with van der Waals surface area (Å²) >= 11 is 3.44. The number of halogens is 1. The first kappa shape index (κ1) is 13.6. The lowest BCUT2D eigenvalue weighted by molar-refractivity contribution is 0.102. The number of hydrogen-bond donors (Lipinski definition) is 1. The summed E-state index contributed by atoms with van der Waals surface area (Å²) in [6.45, 7) is 1.95. The molecule has 4 heteroatoms. The third kappa shape index (κ3) is 2.96. The molecule has 0 radical (unpaired) electrons. The number of benzene rings is 2. The largest absolute Gasteiger partial charge is 0.496 e. The smallest absolute Gasteiger partial charge is 0.259 e. The van der Waals surface area contributed by atoms with Crippen molar-refractivity contribution in [1.29, 1.82) is 0 Å². The second-order valence-corrected chi connectivity index (χ2v) is 4.92. The number of rotatable bonds is 3. The Morgan fingerprint density at radius 1 is 1.16 bits per heavy atom. The quantitative estimate of drug-likeness (QED) is 0.928. The highest BCUT2D eigenvalue weighted by atomic mass is 79.9. The van der Waals surface area contributed by atoms with Crippen LogP contribution in [0.4, 0.5) is 5.69 Å². The number of hydrogen-bond acceptors (Lipinski definition) is 2. The fourth-order valence-corrected chi connectivity index (χ4v) is 2.13. The van der Waals surface area contributed by atoms with Crippen LogP contribution in [0.1, 0.15) is 15.9 Å². The summed E-state index contributed by atoms with van der Waals surface area (Å²) in [7, 11) is 1.55. The Balaban J connectivity index is 2.28. The van der Waals surface area contributed by atoms with Crippen molar-refractivity contribution in [2.45, 2.75) is 6.92 Å². The van der Waals surface area contributed by atoms with Crippen molar-refractivity contribution in [1.82, 2.24) is 0 Å². The Kier molecular flexibility index (Phi) is 4.22. The number of ether oxygens (including phenoxy) is 1. The van der Waals surface area contributed by atoms with Gasteiger partial charge >= 0.3 is 0 Å². The van der Waals surface area contributed by atoms with Crippen molar-refractivity contribution in [2.24, 2.45) is 0 Å². The predicted octanol–water partition coefficient (Wildman–Crippen LogP) is 4.02. The molecule has 0 bridgehead atoms. The van der Waals surface area contributed by atoms with Crippen molar-refractivity contribution in [3.63, 3.8) is 0 Å². The second-order valence-electron chi connectivity index (χ2n) is 4.07. The Hall–Kier alpha value is -1.81. The molecule has 1 N–H and O–H groups in total. The Morgan fingerprint density at radius 2 is 1.89 bits per heavy atom. The van der Waals surface area contributed by atoms with Gasteiger partial charge in [0.1, 0.15) is 5.75 Å². The fourth-order valence-electron chi connectivity index (χ4n) is 1.76. The highest BCUT2D eigenvalue weighted by Gasteiger charge is 2.12. The highest BCUT2D eigenvalue weighted by Crippen LogP contribution is 2.25. The standard InChI is InChI=1S/C15H14BrNO2/c1-10-12(16)7-5-8-13(10)17-15(18)11-6-3-4-9-14(11)19-2/h3-9H,1-2H3,(H,17,18). The molecule has 2 aromatic carbocycles. The van der Waals surface area contributed by atoms with Gasteiger partial charge in [0.15, 0.2) is 0 Å². The lowest BCUT2D eigenvalue weighted by Crippen LogP contribution is -2.14. The maximum absolute atomic E-state index is 12.3. The van der Waals surface area contributed by atoms with Crippen LogP contribution < -0.4 is 10.1 Å². The van der Waals surface area contributed by atoms with Crippen LogP contribution in [0.15, 0.2) is 46.9 Å². The minimum atomic E-state index is -0.182. The van der Waals surface area contributed by atoms with E-state index in [1.165, 1.54) is 0 Å². The molecular weight excluding hydrogens is 306 g/mol. The molecule has 0 heterocycles. The molecule has 0 atom stereocenters. The van der Waals surface area contributed by atoms with E-state index in [9.17, 15) is 4.79 Å². The first-order valence-electron chi connectivity index (χ1n) is 5.83. The number of anilines is 1. The van der Waals surface area contributed by atoms with Crippen LogP contribution in [0, 0.1) is 6.92 Å². The summed E-state index contributed by atoms with van der Waals surface area (Å²) in [6.07, 6.45) is 0. The maximum Gasteiger partial charge on any atom is 0.259 e. The van der Waals surface area contributed by atoms with Gasteiger partial charge in [-0.3, -0.25) is 4.79 Å². The van der Waals surface area contributed by atoms with Gasteiger partial charge in [-0.2, -0.15) is 0 Å². The van der Waals surface area contributed by atoms with Crippen molar-refractivity contribution in [3.05, 3.63) is 58.1 Å². The third-order valence-corrected chi connectivity index (χ3v) is 3.73. The maximum atomic E-state index is 12.3. The zero-order valence-electron chi connectivity index (χ0n) is 10.7. The molecule has 2 rings (SSSR count). The number of para-hydroxylation sites is 1. The normalized spacial score (nSPS) is 10.1. The molecule has 1 amide bonds. The number of nitrogens with one attached hydrogen (secondary N) is 1. The van der Waals surface area contributed by atoms with Crippen LogP contribution in [-0.4, -0.2) is 13.0 Å². The van der Waals surface area contributed by atoms with Gasteiger partial charge in [-0.05, 0) is 36.8 Å². The molecule has 98 valence electrons. The molecule has 3 nitrogen and oxygen atoms in total. The van der Waals surface area contributed by atoms with E-state index in [0.717, 1.165) is 15.7 Å². The van der Waals surface area contributed by atoms with E-state index in [1.54, 1.807) is 19.2 Å². The van der Waals surface area contributed by atoms with Crippen LogP contribution >= 0.6 is 15.9 Å². The van der Waals surface area contributed by atoms with Crippen molar-refractivity contribution >= 4 is 27.5 Å². The van der Waals surface area contributed by atoms with Gasteiger partial charge in [-0.15, -0.1) is 0 Å². The van der Waals surface area contributed by atoms with Gasteiger partial charge in [0, 0.05) is 10.2 Å². The number of amides is 1. The monoisotopic (exact) mass is 319 g/mol. The van der Waals surface area contributed by atoms with E-state index >= 15 is 0 Å². The van der Waals surface area contributed by atoms with Crippen LogP contribution in [0.25, 0.3) is 0 Å². The van der Waals surface area contributed by atoms with E-state index in [1.807, 2.05) is 37.3 Å². The van der Waals surface area contributed by atoms with Crippen molar-refractivity contribution in [2.75, 3.05) is 12.4 Å². The molecule has 19 heavy (non-hydrogen) atoms. The second kappa shape index (κ2) is 5.89. The summed E-state index contributed by atoms with van der Waals surface area (Å²) in [5, 5.41) is 2.89. The molecule has 2 aromatic rings. The lowest BCUT2D eigenvalue weighted by Gasteiger charge is -2.11. The van der Waals surface area contributed by atoms with Gasteiger partial charge in [0.25, 0.3) is 5.91 Å². The zero-order chi connectivity index (χ0) is 13.8. The van der Waals surface area contributed by atoms with E-state index in [-0.39, 0.29) is 5.91 Å². The van der Waals surface area contributed by atoms with E-state index in [4.69, 9.17) is 4.74 Å². The number of carbonyl (C=O) groups excluding carboxylic acids is 1. The molecule has 0 saturated heterocycles. The van der Waals surface area contributed by atoms with Gasteiger partial charge in [0.05, 0.1) is 12.7 Å². The average Bonchev–Trinajstić information content (AvgIpc) is 2.43. The Bertz CT molecular complexity index is 611. The van der Waals surface area contributed by atoms with Gasteiger partial charge in [-0.1, -0.05) is 34.1 Å². The summed E-state index contributed by atoms with van der Waals surface area (Å²) in [4.78, 5) is 12.3. The lowest BCUT2D eigenvalue weighted by atomic mass is 10.1. The minimum absolute atomic E-state index is 0.182. The molecule has 0 fully saturated rings. The molecule has 0 saturated carbocycles. The van der Waals surface area contributed by atoms with Gasteiger partial charge in [0.2, 0.25) is 0 Å². The first-order valence-corrected chi connectivity index (χ1v) is 6.62. The Morgan fingerprint density at radius 3 is 2.63 bits per heavy atom. The number of methoxy groups -OCH3 is 1. The van der Waals surface area contributed by atoms with Crippen molar-refractivity contribution < 1.29 is 9.53 Å². The zero-order valence-corrected chi connectivity index (χ0v) is 12.3. The molecule has 0 aliphatic heterocycles. The third-order valence-electron chi connectivity index (χ3n) is 2.87. The van der Waals surface area contributed by atoms with E-state index < -0.39 is 0 Å². The van der Waals surface area contributed by atoms with Crippen LogP contribution in [0.5, 0.6) is 5.75 Å². The topological polar surface area (TPSA) is 38.3 Å². The summed E-state index contributed by atoms with van der Waals surface area (Å²) in [6, 6.07) is 12.8. The summed E-state index contributed by atoms with van der Waals surface area (Å²) in [5.41, 5.74) is 2.29. The van der Waals surface area contributed by atoms with Crippen LogP contribution in [-0.2, 0) is 0 Å². The van der Waals surface area contributed by atoms with E-state index in [0.29, 0.717) is 11.3 Å². The molecular formula is C15H14BrNO2. The van der Waals surface area contributed by atoms with E-state index in [2.05, 4.69) is 21.2 Å². The van der Waals surface area contributed by atoms with Crippen molar-refractivity contribution in [3.8, 4) is 5.75 Å². The Labute approximate surface area is 120 Å². The van der Waals surface area contributed by atoms with Gasteiger partial charge in [-0.25, -0.2) is 0 Å². The first-order chi connectivity index (χ1) is 9.13. The minimum Gasteiger partial charge on any atom is -0.496 e. The van der Waals surface area contributed by atoms with Crippen LogP contribution in [0.2, 0.25) is 0 Å². The molecule has 0 spiro atoms. The SMILES string of the molecule is COc1ccccc1C(=O)Nc1cccc(Br)c1C. The van der Waals surface area contributed by atoms with Crippen LogP contribution in [0.3, 0.4) is 0 Å². The summed E-state index contributed by atoms with van der Waals surface area (Å²) < 4.78 is 6.15. The molecule has 0 unspecified atom stereocenters. The van der Waals surface area contributed by atoms with Gasteiger partial charge < -0.3 is 10.1 Å². The summed E-state index contributed by atoms with van der Waals surface area (Å²) in [5.74, 6) is 0.381. The predicted molar refractivity (Wildman–Crippen MR) is 79.8 cm³/mol. The average molecular weight is 320 g/mol. The highest BCUT2D eigenvalue weighted by molar-refractivity contribution is 9.10. The number of carbonyl (C=O) groups is 1.